The third-order valence-electron chi connectivity index (χ3n) is 3.95. The summed E-state index contributed by atoms with van der Waals surface area (Å²) in [5.41, 5.74) is 3.23. The molecule has 6 nitrogen and oxygen atoms in total. The first-order valence-corrected chi connectivity index (χ1v) is 8.81. The molecule has 0 saturated carbocycles. The maximum absolute atomic E-state index is 12.4. The minimum Gasteiger partial charge on any atom is -0.456 e. The molecule has 0 bridgehead atoms. The van der Waals surface area contributed by atoms with Crippen molar-refractivity contribution in [2.75, 3.05) is 5.32 Å². The van der Waals surface area contributed by atoms with Gasteiger partial charge in [-0.05, 0) is 67.4 Å². The number of carbonyl (C=O) groups excluding carboxylic acids is 1. The Kier molecular flexibility index (Phi) is 5.61. The number of hydrogen-bond acceptors (Lipinski definition) is 4. The second kappa shape index (κ2) is 8.10. The zero-order valence-electron chi connectivity index (χ0n) is 15.2. The predicted octanol–water partition coefficient (Wildman–Crippen LogP) is 5.91. The molecule has 0 saturated heterocycles. The standard InChI is InChI=1S/C21H17ClN2O4/c1-13-9-14(2)11-16(10-13)23-21(25)15-3-6-18(7-4-15)28-20-8-5-17(24(26)27)12-19(20)22/h3-12H,1-2H3,(H,23,25). The molecular weight excluding hydrogens is 380 g/mol. The number of non-ortho nitro benzene ring substituents is 1. The van der Waals surface area contributed by atoms with Crippen LogP contribution in [0.4, 0.5) is 11.4 Å². The largest absolute Gasteiger partial charge is 0.456 e. The van der Waals surface area contributed by atoms with Crippen LogP contribution in [0.2, 0.25) is 5.02 Å². The van der Waals surface area contributed by atoms with E-state index in [2.05, 4.69) is 5.32 Å². The molecule has 3 rings (SSSR count). The van der Waals surface area contributed by atoms with Gasteiger partial charge >= 0.3 is 0 Å². The molecule has 0 fully saturated rings. The molecule has 0 aromatic heterocycles. The number of benzene rings is 3. The fourth-order valence-electron chi connectivity index (χ4n) is 2.74. The van der Waals surface area contributed by atoms with Gasteiger partial charge in [-0.3, -0.25) is 14.9 Å². The third kappa shape index (κ3) is 4.66. The zero-order chi connectivity index (χ0) is 20.3. The van der Waals surface area contributed by atoms with Crippen molar-refractivity contribution in [3.05, 3.63) is 92.5 Å². The fraction of sp³-hybridized carbons (Fsp3) is 0.0952. The van der Waals surface area contributed by atoms with E-state index >= 15 is 0 Å². The van der Waals surface area contributed by atoms with E-state index in [1.54, 1.807) is 24.3 Å². The van der Waals surface area contributed by atoms with Crippen molar-refractivity contribution in [2.24, 2.45) is 0 Å². The number of anilines is 1. The van der Waals surface area contributed by atoms with E-state index in [4.69, 9.17) is 16.3 Å². The molecule has 0 atom stereocenters. The van der Waals surface area contributed by atoms with Gasteiger partial charge in [0.1, 0.15) is 11.5 Å². The minimum atomic E-state index is -0.529. The molecule has 0 heterocycles. The quantitative estimate of drug-likeness (QED) is 0.429. The van der Waals surface area contributed by atoms with Crippen LogP contribution >= 0.6 is 11.6 Å². The smallest absolute Gasteiger partial charge is 0.271 e. The summed E-state index contributed by atoms with van der Waals surface area (Å²) in [6.07, 6.45) is 0. The molecule has 0 aliphatic carbocycles. The first kappa shape index (κ1) is 19.4. The van der Waals surface area contributed by atoms with Crippen LogP contribution in [0.3, 0.4) is 0 Å². The van der Waals surface area contributed by atoms with Gasteiger partial charge in [-0.2, -0.15) is 0 Å². The molecule has 3 aromatic carbocycles. The van der Waals surface area contributed by atoms with E-state index in [9.17, 15) is 14.9 Å². The topological polar surface area (TPSA) is 81.5 Å². The van der Waals surface area contributed by atoms with E-state index in [0.717, 1.165) is 16.8 Å². The van der Waals surface area contributed by atoms with E-state index < -0.39 is 4.92 Å². The van der Waals surface area contributed by atoms with Crippen LogP contribution in [0.15, 0.2) is 60.7 Å². The van der Waals surface area contributed by atoms with Gasteiger partial charge in [0.2, 0.25) is 0 Å². The predicted molar refractivity (Wildman–Crippen MR) is 108 cm³/mol. The average molecular weight is 397 g/mol. The average Bonchev–Trinajstić information content (AvgIpc) is 2.63. The molecule has 0 spiro atoms. The monoisotopic (exact) mass is 396 g/mol. The number of nitro groups is 1. The van der Waals surface area contributed by atoms with Crippen molar-refractivity contribution in [2.45, 2.75) is 13.8 Å². The van der Waals surface area contributed by atoms with Crippen molar-refractivity contribution in [1.29, 1.82) is 0 Å². The molecule has 1 amide bonds. The lowest BCUT2D eigenvalue weighted by Gasteiger charge is -2.10. The van der Waals surface area contributed by atoms with Crippen molar-refractivity contribution >= 4 is 28.9 Å². The Morgan fingerprint density at radius 3 is 2.21 bits per heavy atom. The highest BCUT2D eigenvalue weighted by Crippen LogP contribution is 2.32. The van der Waals surface area contributed by atoms with Crippen molar-refractivity contribution in [3.8, 4) is 11.5 Å². The Morgan fingerprint density at radius 1 is 1.00 bits per heavy atom. The molecule has 0 aliphatic rings. The summed E-state index contributed by atoms with van der Waals surface area (Å²) in [6.45, 7) is 3.94. The Balaban J connectivity index is 1.71. The molecular formula is C21H17ClN2O4. The lowest BCUT2D eigenvalue weighted by atomic mass is 10.1. The Hall–Kier alpha value is -3.38. The van der Waals surface area contributed by atoms with E-state index in [1.807, 2.05) is 32.0 Å². The molecule has 0 unspecified atom stereocenters. The molecule has 7 heteroatoms. The van der Waals surface area contributed by atoms with Crippen LogP contribution in [0, 0.1) is 24.0 Å². The number of ether oxygens (including phenoxy) is 1. The first-order chi connectivity index (χ1) is 13.3. The van der Waals surface area contributed by atoms with Crippen molar-refractivity contribution in [1.82, 2.24) is 0 Å². The van der Waals surface area contributed by atoms with Gasteiger partial charge in [0, 0.05) is 23.4 Å². The summed E-state index contributed by atoms with van der Waals surface area (Å²) < 4.78 is 5.64. The van der Waals surface area contributed by atoms with E-state index in [0.29, 0.717) is 17.1 Å². The van der Waals surface area contributed by atoms with Gasteiger partial charge in [0.25, 0.3) is 11.6 Å². The second-order valence-electron chi connectivity index (χ2n) is 6.33. The lowest BCUT2D eigenvalue weighted by Crippen LogP contribution is -2.11. The Morgan fingerprint density at radius 2 is 1.64 bits per heavy atom. The first-order valence-electron chi connectivity index (χ1n) is 8.43. The van der Waals surface area contributed by atoms with Crippen LogP contribution in [-0.4, -0.2) is 10.8 Å². The van der Waals surface area contributed by atoms with E-state index in [-0.39, 0.29) is 16.6 Å². The Labute approximate surface area is 166 Å². The molecule has 28 heavy (non-hydrogen) atoms. The number of rotatable bonds is 5. The maximum Gasteiger partial charge on any atom is 0.271 e. The highest BCUT2D eigenvalue weighted by atomic mass is 35.5. The second-order valence-corrected chi connectivity index (χ2v) is 6.74. The number of nitro benzene ring substituents is 1. The van der Waals surface area contributed by atoms with Crippen molar-refractivity contribution < 1.29 is 14.5 Å². The summed E-state index contributed by atoms with van der Waals surface area (Å²) in [6, 6.07) is 16.3. The van der Waals surface area contributed by atoms with Crippen molar-refractivity contribution in [3.63, 3.8) is 0 Å². The van der Waals surface area contributed by atoms with E-state index in [1.165, 1.54) is 18.2 Å². The number of nitrogens with zero attached hydrogens (tertiary/aromatic N) is 1. The Bertz CT molecular complexity index is 1030. The fourth-order valence-corrected chi connectivity index (χ4v) is 2.95. The van der Waals surface area contributed by atoms with Crippen LogP contribution < -0.4 is 10.1 Å². The van der Waals surface area contributed by atoms with Gasteiger partial charge in [-0.25, -0.2) is 0 Å². The normalized spacial score (nSPS) is 10.4. The molecule has 0 aliphatic heterocycles. The van der Waals surface area contributed by atoms with Gasteiger partial charge in [-0.1, -0.05) is 17.7 Å². The highest BCUT2D eigenvalue weighted by Gasteiger charge is 2.12. The summed E-state index contributed by atoms with van der Waals surface area (Å²) in [5.74, 6) is 0.517. The molecule has 0 radical (unpaired) electrons. The van der Waals surface area contributed by atoms with Gasteiger partial charge in [0.05, 0.1) is 9.95 Å². The SMILES string of the molecule is Cc1cc(C)cc(NC(=O)c2ccc(Oc3ccc([N+](=O)[O-])cc3Cl)cc2)c1. The minimum absolute atomic E-state index is 0.115. The molecule has 1 N–H and O–H groups in total. The van der Waals surface area contributed by atoms with Gasteiger partial charge in [-0.15, -0.1) is 0 Å². The molecule has 3 aromatic rings. The number of halogens is 1. The van der Waals surface area contributed by atoms with Gasteiger partial charge < -0.3 is 10.1 Å². The summed E-state index contributed by atoms with van der Waals surface area (Å²) in [5, 5.41) is 13.8. The molecule has 142 valence electrons. The maximum atomic E-state index is 12.4. The number of amides is 1. The summed E-state index contributed by atoms with van der Waals surface area (Å²) in [4.78, 5) is 22.7. The van der Waals surface area contributed by atoms with Crippen LogP contribution in [-0.2, 0) is 0 Å². The number of nitrogens with one attached hydrogen (secondary N) is 1. The zero-order valence-corrected chi connectivity index (χ0v) is 16.0. The van der Waals surface area contributed by atoms with Crippen LogP contribution in [0.25, 0.3) is 0 Å². The number of hydrogen-bond donors (Lipinski definition) is 1. The van der Waals surface area contributed by atoms with Gasteiger partial charge in [0.15, 0.2) is 0 Å². The summed E-state index contributed by atoms with van der Waals surface area (Å²) in [7, 11) is 0. The lowest BCUT2D eigenvalue weighted by molar-refractivity contribution is -0.384. The summed E-state index contributed by atoms with van der Waals surface area (Å²) >= 11 is 6.03. The third-order valence-corrected chi connectivity index (χ3v) is 4.25. The number of aryl methyl sites for hydroxylation is 2. The van der Waals surface area contributed by atoms with Crippen LogP contribution in [0.1, 0.15) is 21.5 Å². The van der Waals surface area contributed by atoms with Crippen LogP contribution in [0.5, 0.6) is 11.5 Å². The highest BCUT2D eigenvalue weighted by molar-refractivity contribution is 6.32. The number of carbonyl (C=O) groups is 1.